The second-order valence-electron chi connectivity index (χ2n) is 2.58. The SMILES string of the molecule is Cc1cc(S(=O)(=O)C(Br)(Br)Br)ccn1. The normalized spacial score (nSPS) is 12.9. The Morgan fingerprint density at radius 1 is 1.36 bits per heavy atom. The number of hydrogen-bond acceptors (Lipinski definition) is 3. The van der Waals surface area contributed by atoms with E-state index in [0.717, 1.165) is 0 Å². The summed E-state index contributed by atoms with van der Waals surface area (Å²) in [5, 5.41) is 0. The van der Waals surface area contributed by atoms with E-state index in [1.807, 2.05) is 0 Å². The standard InChI is InChI=1S/C7H6Br3NO2S/c1-5-4-6(2-3-11-5)14(12,13)7(8,9)10/h2-4H,1H3. The molecule has 0 bridgehead atoms. The molecule has 0 aliphatic rings. The molecule has 0 aromatic carbocycles. The first kappa shape index (κ1) is 12.6. The molecule has 1 aromatic heterocycles. The minimum absolute atomic E-state index is 0.204. The van der Waals surface area contributed by atoms with Crippen LogP contribution in [0.5, 0.6) is 0 Å². The fourth-order valence-corrected chi connectivity index (χ4v) is 3.34. The Balaban J connectivity index is 3.32. The van der Waals surface area contributed by atoms with Crippen molar-refractivity contribution in [1.29, 1.82) is 0 Å². The van der Waals surface area contributed by atoms with Crippen LogP contribution in [0.1, 0.15) is 5.69 Å². The zero-order chi connectivity index (χ0) is 11.0. The molecule has 0 unspecified atom stereocenters. The van der Waals surface area contributed by atoms with Crippen LogP contribution in [-0.4, -0.2) is 14.9 Å². The summed E-state index contributed by atoms with van der Waals surface area (Å²) in [4.78, 5) is 4.13. The minimum atomic E-state index is -3.49. The van der Waals surface area contributed by atoms with Crippen LogP contribution in [0.25, 0.3) is 0 Å². The molecular formula is C7H6Br3NO2S. The van der Waals surface area contributed by atoms with Gasteiger partial charge < -0.3 is 0 Å². The zero-order valence-corrected chi connectivity index (χ0v) is 12.6. The van der Waals surface area contributed by atoms with Gasteiger partial charge in [0.25, 0.3) is 0 Å². The lowest BCUT2D eigenvalue weighted by molar-refractivity contribution is 0.598. The maximum absolute atomic E-state index is 11.8. The van der Waals surface area contributed by atoms with E-state index in [2.05, 4.69) is 52.8 Å². The van der Waals surface area contributed by atoms with Crippen molar-refractivity contribution in [2.45, 2.75) is 13.3 Å². The van der Waals surface area contributed by atoms with Gasteiger partial charge in [0.05, 0.1) is 4.90 Å². The van der Waals surface area contributed by atoms with E-state index >= 15 is 0 Å². The quantitative estimate of drug-likeness (QED) is 0.672. The van der Waals surface area contributed by atoms with Gasteiger partial charge in [-0.1, -0.05) is 0 Å². The lowest BCUT2D eigenvalue weighted by Crippen LogP contribution is -2.17. The van der Waals surface area contributed by atoms with Gasteiger partial charge in [-0.3, -0.25) is 4.98 Å². The van der Waals surface area contributed by atoms with E-state index in [-0.39, 0.29) is 4.90 Å². The third-order valence-corrected chi connectivity index (χ3v) is 6.80. The summed E-state index contributed by atoms with van der Waals surface area (Å²) in [5.74, 6) is 0. The molecule has 1 rings (SSSR count). The van der Waals surface area contributed by atoms with Gasteiger partial charge in [-0.25, -0.2) is 8.42 Å². The molecule has 0 fully saturated rings. The number of alkyl halides is 3. The van der Waals surface area contributed by atoms with Crippen molar-refractivity contribution in [3.05, 3.63) is 24.0 Å². The molecule has 3 nitrogen and oxygen atoms in total. The summed E-state index contributed by atoms with van der Waals surface area (Å²) < 4.78 is 22.3. The number of nitrogens with zero attached hydrogens (tertiary/aromatic N) is 1. The second-order valence-corrected chi connectivity index (χ2v) is 13.0. The third kappa shape index (κ3) is 2.56. The Morgan fingerprint density at radius 2 is 1.93 bits per heavy atom. The van der Waals surface area contributed by atoms with Crippen molar-refractivity contribution in [3.63, 3.8) is 0 Å². The van der Waals surface area contributed by atoms with Crippen molar-refractivity contribution in [1.82, 2.24) is 4.98 Å². The number of rotatable bonds is 1. The number of aromatic nitrogens is 1. The molecule has 0 N–H and O–H groups in total. The summed E-state index contributed by atoms with van der Waals surface area (Å²) in [6.07, 6.45) is 1.46. The highest BCUT2D eigenvalue weighted by Gasteiger charge is 2.37. The van der Waals surface area contributed by atoms with Gasteiger partial charge in [0, 0.05) is 11.9 Å². The monoisotopic (exact) mass is 405 g/mol. The van der Waals surface area contributed by atoms with Gasteiger partial charge in [0.1, 0.15) is 0 Å². The summed E-state index contributed by atoms with van der Waals surface area (Å²) >= 11 is 8.96. The van der Waals surface area contributed by atoms with E-state index in [4.69, 9.17) is 0 Å². The average molecular weight is 408 g/mol. The van der Waals surface area contributed by atoms with Crippen LogP contribution in [0.2, 0.25) is 0 Å². The Labute approximate surface area is 108 Å². The number of sulfone groups is 1. The molecule has 0 spiro atoms. The number of aryl methyl sites for hydroxylation is 1. The van der Waals surface area contributed by atoms with Crippen LogP contribution in [-0.2, 0) is 9.84 Å². The largest absolute Gasteiger partial charge is 0.262 e. The summed E-state index contributed by atoms with van der Waals surface area (Å²) in [5.41, 5.74) is 0.655. The maximum Gasteiger partial charge on any atom is 0.239 e. The van der Waals surface area contributed by atoms with E-state index in [0.29, 0.717) is 5.69 Å². The zero-order valence-electron chi connectivity index (χ0n) is 7.04. The molecule has 0 radical (unpaired) electrons. The number of pyridine rings is 1. The molecule has 1 heterocycles. The van der Waals surface area contributed by atoms with Gasteiger partial charge in [-0.15, -0.1) is 0 Å². The lowest BCUT2D eigenvalue weighted by Gasteiger charge is -2.13. The molecule has 78 valence electrons. The molecule has 0 amide bonds. The van der Waals surface area contributed by atoms with Crippen LogP contribution >= 0.6 is 47.8 Å². The van der Waals surface area contributed by atoms with Gasteiger partial charge in [0.15, 0.2) is 0 Å². The molecule has 0 saturated heterocycles. The first-order chi connectivity index (χ1) is 6.25. The predicted molar refractivity (Wildman–Crippen MR) is 65.7 cm³/mol. The molecule has 7 heteroatoms. The molecule has 1 aromatic rings. The van der Waals surface area contributed by atoms with Crippen molar-refractivity contribution in [2.24, 2.45) is 0 Å². The first-order valence-electron chi connectivity index (χ1n) is 3.49. The summed E-state index contributed by atoms with van der Waals surface area (Å²) in [6.45, 7) is 1.73. The third-order valence-electron chi connectivity index (χ3n) is 1.48. The fourth-order valence-electron chi connectivity index (χ4n) is 0.820. The Bertz CT molecular complexity index is 438. The van der Waals surface area contributed by atoms with Crippen molar-refractivity contribution in [3.8, 4) is 0 Å². The fraction of sp³-hybridized carbons (Fsp3) is 0.286. The lowest BCUT2D eigenvalue weighted by atomic mass is 10.4. The first-order valence-corrected chi connectivity index (χ1v) is 7.35. The van der Waals surface area contributed by atoms with Gasteiger partial charge >= 0.3 is 0 Å². The average Bonchev–Trinajstić information content (AvgIpc) is 2.02. The van der Waals surface area contributed by atoms with Crippen LogP contribution in [0.4, 0.5) is 0 Å². The van der Waals surface area contributed by atoms with Crippen LogP contribution in [0.3, 0.4) is 0 Å². The topological polar surface area (TPSA) is 47.0 Å². The number of hydrogen-bond donors (Lipinski definition) is 0. The summed E-state index contributed by atoms with van der Waals surface area (Å²) in [6, 6.07) is 2.95. The molecule has 0 aliphatic heterocycles. The van der Waals surface area contributed by atoms with Crippen molar-refractivity contribution in [2.75, 3.05) is 0 Å². The number of halogens is 3. The molecular weight excluding hydrogens is 402 g/mol. The van der Waals surface area contributed by atoms with Crippen molar-refractivity contribution >= 4 is 57.6 Å². The van der Waals surface area contributed by atoms with Gasteiger partial charge in [0.2, 0.25) is 11.3 Å². The predicted octanol–water partition coefficient (Wildman–Crippen LogP) is 2.96. The smallest absolute Gasteiger partial charge is 0.239 e. The van der Waals surface area contributed by atoms with Crippen LogP contribution in [0, 0.1) is 6.92 Å². The second kappa shape index (κ2) is 4.19. The highest BCUT2D eigenvalue weighted by Crippen LogP contribution is 2.42. The van der Waals surface area contributed by atoms with Crippen LogP contribution < -0.4 is 0 Å². The molecule has 0 atom stereocenters. The van der Waals surface area contributed by atoms with Gasteiger partial charge in [-0.2, -0.15) is 0 Å². The molecule has 0 aliphatic carbocycles. The van der Waals surface area contributed by atoms with E-state index in [9.17, 15) is 8.42 Å². The van der Waals surface area contributed by atoms with Crippen LogP contribution in [0.15, 0.2) is 23.2 Å². The molecule has 0 saturated carbocycles. The Kier molecular flexibility index (Phi) is 3.77. The highest BCUT2D eigenvalue weighted by atomic mass is 80.0. The molecule has 14 heavy (non-hydrogen) atoms. The van der Waals surface area contributed by atoms with Gasteiger partial charge in [-0.05, 0) is 66.8 Å². The summed E-state index contributed by atoms with van der Waals surface area (Å²) in [7, 11) is -3.49. The minimum Gasteiger partial charge on any atom is -0.262 e. The Hall–Kier alpha value is 0.540. The van der Waals surface area contributed by atoms with Crippen molar-refractivity contribution < 1.29 is 8.42 Å². The van der Waals surface area contributed by atoms with E-state index < -0.39 is 11.3 Å². The van der Waals surface area contributed by atoms with E-state index in [1.54, 1.807) is 6.92 Å². The highest BCUT2D eigenvalue weighted by molar-refractivity contribution is 9.42. The Morgan fingerprint density at radius 3 is 2.36 bits per heavy atom. The maximum atomic E-state index is 11.8. The van der Waals surface area contributed by atoms with E-state index in [1.165, 1.54) is 18.3 Å².